The molecule has 1 aromatic carbocycles. The molecular formula is C26H33N3O4S. The summed E-state index contributed by atoms with van der Waals surface area (Å²) in [4.78, 5) is 41.7. The average Bonchev–Trinajstić information content (AvgIpc) is 3.58. The van der Waals surface area contributed by atoms with E-state index in [1.165, 1.54) is 17.8 Å². The Morgan fingerprint density at radius 1 is 1.00 bits per heavy atom. The van der Waals surface area contributed by atoms with E-state index in [-0.39, 0.29) is 36.4 Å². The lowest BCUT2D eigenvalue weighted by atomic mass is 9.94. The van der Waals surface area contributed by atoms with E-state index in [0.29, 0.717) is 18.0 Å². The highest BCUT2D eigenvalue weighted by atomic mass is 32.1. The van der Waals surface area contributed by atoms with Crippen LogP contribution in [0, 0.1) is 0 Å². The maximum atomic E-state index is 13.6. The van der Waals surface area contributed by atoms with Gasteiger partial charge >= 0.3 is 0 Å². The molecule has 0 unspecified atom stereocenters. The van der Waals surface area contributed by atoms with Crippen molar-refractivity contribution in [2.45, 2.75) is 63.1 Å². The minimum absolute atomic E-state index is 0.120. The molecule has 1 aliphatic carbocycles. The van der Waals surface area contributed by atoms with E-state index in [0.717, 1.165) is 44.1 Å². The van der Waals surface area contributed by atoms with Crippen molar-refractivity contribution in [1.29, 1.82) is 0 Å². The fraction of sp³-hybridized carbons (Fsp3) is 0.500. The summed E-state index contributed by atoms with van der Waals surface area (Å²) in [6.07, 6.45) is 6.99. The van der Waals surface area contributed by atoms with E-state index >= 15 is 0 Å². The number of ether oxygens (including phenoxy) is 1. The van der Waals surface area contributed by atoms with Gasteiger partial charge in [-0.25, -0.2) is 0 Å². The molecule has 2 aliphatic rings. The molecular weight excluding hydrogens is 450 g/mol. The van der Waals surface area contributed by atoms with Gasteiger partial charge in [-0.3, -0.25) is 14.4 Å². The third-order valence-corrected chi connectivity index (χ3v) is 7.39. The first-order valence-electron chi connectivity index (χ1n) is 12.2. The van der Waals surface area contributed by atoms with Crippen molar-refractivity contribution in [3.63, 3.8) is 0 Å². The van der Waals surface area contributed by atoms with E-state index < -0.39 is 6.04 Å². The van der Waals surface area contributed by atoms with Crippen LogP contribution in [-0.2, 0) is 14.3 Å². The molecule has 8 heteroatoms. The summed E-state index contributed by atoms with van der Waals surface area (Å²) in [7, 11) is 0. The summed E-state index contributed by atoms with van der Waals surface area (Å²) in [6, 6.07) is 12.3. The number of thiophene rings is 1. The zero-order valence-electron chi connectivity index (χ0n) is 19.4. The minimum atomic E-state index is -0.779. The highest BCUT2D eigenvalue weighted by Gasteiger charge is 2.35. The SMILES string of the molecule is O=C(NCC(=O)N(C[C@H]1CCCO1)[C@@H](C(=O)NC1CCCCC1)c1ccccc1)c1cccs1. The third kappa shape index (κ3) is 6.45. The molecule has 1 aliphatic heterocycles. The van der Waals surface area contributed by atoms with Crippen LogP contribution in [0.25, 0.3) is 0 Å². The van der Waals surface area contributed by atoms with Gasteiger partial charge in [-0.2, -0.15) is 0 Å². The van der Waals surface area contributed by atoms with Crippen molar-refractivity contribution < 1.29 is 19.1 Å². The molecule has 3 amide bonds. The fourth-order valence-corrected chi connectivity index (χ4v) is 5.39. The maximum Gasteiger partial charge on any atom is 0.261 e. The quantitative estimate of drug-likeness (QED) is 0.570. The predicted octanol–water partition coefficient (Wildman–Crippen LogP) is 3.68. The van der Waals surface area contributed by atoms with Crippen molar-refractivity contribution in [3.05, 3.63) is 58.3 Å². The van der Waals surface area contributed by atoms with Crippen molar-refractivity contribution in [2.24, 2.45) is 0 Å². The van der Waals surface area contributed by atoms with Gasteiger partial charge in [0.25, 0.3) is 5.91 Å². The zero-order valence-corrected chi connectivity index (χ0v) is 20.2. The smallest absolute Gasteiger partial charge is 0.261 e. The molecule has 1 saturated heterocycles. The second-order valence-electron chi connectivity index (χ2n) is 9.00. The Balaban J connectivity index is 1.55. The summed E-state index contributed by atoms with van der Waals surface area (Å²) in [5.74, 6) is -0.759. The van der Waals surface area contributed by atoms with Crippen LogP contribution in [0.4, 0.5) is 0 Å². The Hall–Kier alpha value is -2.71. The van der Waals surface area contributed by atoms with Gasteiger partial charge < -0.3 is 20.3 Å². The number of rotatable bonds is 9. The molecule has 182 valence electrons. The third-order valence-electron chi connectivity index (χ3n) is 6.52. The lowest BCUT2D eigenvalue weighted by molar-refractivity contribution is -0.142. The molecule has 2 atom stereocenters. The summed E-state index contributed by atoms with van der Waals surface area (Å²) in [5.41, 5.74) is 0.756. The Kier molecular flexibility index (Phi) is 8.71. The number of carbonyl (C=O) groups excluding carboxylic acids is 3. The molecule has 2 N–H and O–H groups in total. The lowest BCUT2D eigenvalue weighted by Gasteiger charge is -2.34. The number of amides is 3. The first-order chi connectivity index (χ1) is 16.6. The van der Waals surface area contributed by atoms with Crippen molar-refractivity contribution in [2.75, 3.05) is 19.7 Å². The van der Waals surface area contributed by atoms with Crippen LogP contribution in [-0.4, -0.2) is 54.5 Å². The van der Waals surface area contributed by atoms with Crippen molar-refractivity contribution in [1.82, 2.24) is 15.5 Å². The van der Waals surface area contributed by atoms with Gasteiger partial charge in [0.2, 0.25) is 11.8 Å². The number of hydrogen-bond acceptors (Lipinski definition) is 5. The second kappa shape index (κ2) is 12.1. The Labute approximate surface area is 204 Å². The number of nitrogens with one attached hydrogen (secondary N) is 2. The number of nitrogens with zero attached hydrogens (tertiary/aromatic N) is 1. The highest BCUT2D eigenvalue weighted by molar-refractivity contribution is 7.12. The molecule has 4 rings (SSSR count). The van der Waals surface area contributed by atoms with Crippen LogP contribution >= 0.6 is 11.3 Å². The van der Waals surface area contributed by atoms with E-state index in [1.807, 2.05) is 35.7 Å². The van der Waals surface area contributed by atoms with Gasteiger partial charge in [-0.15, -0.1) is 11.3 Å². The van der Waals surface area contributed by atoms with E-state index in [1.54, 1.807) is 17.0 Å². The van der Waals surface area contributed by atoms with E-state index in [4.69, 9.17) is 4.74 Å². The lowest BCUT2D eigenvalue weighted by Crippen LogP contribution is -2.51. The summed E-state index contributed by atoms with van der Waals surface area (Å²) >= 11 is 1.32. The van der Waals surface area contributed by atoms with Gasteiger partial charge in [0.15, 0.2) is 0 Å². The van der Waals surface area contributed by atoms with Crippen LogP contribution in [0.3, 0.4) is 0 Å². The van der Waals surface area contributed by atoms with Crippen LogP contribution in [0.15, 0.2) is 47.8 Å². The molecule has 0 spiro atoms. The molecule has 7 nitrogen and oxygen atoms in total. The molecule has 1 saturated carbocycles. The van der Waals surface area contributed by atoms with Crippen molar-refractivity contribution in [3.8, 4) is 0 Å². The molecule has 1 aromatic heterocycles. The Bertz CT molecular complexity index is 938. The molecule has 2 fully saturated rings. The van der Waals surface area contributed by atoms with Crippen LogP contribution < -0.4 is 10.6 Å². The predicted molar refractivity (Wildman–Crippen MR) is 132 cm³/mol. The Morgan fingerprint density at radius 2 is 1.79 bits per heavy atom. The highest BCUT2D eigenvalue weighted by Crippen LogP contribution is 2.26. The molecule has 34 heavy (non-hydrogen) atoms. The largest absolute Gasteiger partial charge is 0.376 e. The summed E-state index contributed by atoms with van der Waals surface area (Å²) in [6.45, 7) is 0.793. The van der Waals surface area contributed by atoms with Crippen LogP contribution in [0.2, 0.25) is 0 Å². The van der Waals surface area contributed by atoms with E-state index in [2.05, 4.69) is 10.6 Å². The minimum Gasteiger partial charge on any atom is -0.376 e. The Morgan fingerprint density at radius 3 is 2.47 bits per heavy atom. The van der Waals surface area contributed by atoms with E-state index in [9.17, 15) is 14.4 Å². The fourth-order valence-electron chi connectivity index (χ4n) is 4.75. The molecule has 2 aromatic rings. The van der Waals surface area contributed by atoms with Crippen molar-refractivity contribution >= 4 is 29.1 Å². The van der Waals surface area contributed by atoms with Gasteiger partial charge in [0.05, 0.1) is 17.5 Å². The topological polar surface area (TPSA) is 87.7 Å². The maximum absolute atomic E-state index is 13.6. The number of hydrogen-bond donors (Lipinski definition) is 2. The monoisotopic (exact) mass is 483 g/mol. The van der Waals surface area contributed by atoms with Crippen LogP contribution in [0.5, 0.6) is 0 Å². The molecule has 2 heterocycles. The van der Waals surface area contributed by atoms with Gasteiger partial charge in [-0.1, -0.05) is 55.7 Å². The standard InChI is InChI=1S/C26H33N3O4S/c30-23(17-27-25(31)22-14-8-16-34-22)29(18-21-13-7-15-33-21)24(19-9-3-1-4-10-19)26(32)28-20-11-5-2-6-12-20/h1,3-4,8-10,14,16,20-21,24H,2,5-7,11-13,15,17-18H2,(H,27,31)(H,28,32)/t21-,24-/m1/s1. The molecule has 0 bridgehead atoms. The van der Waals surface area contributed by atoms with Gasteiger partial charge in [0.1, 0.15) is 6.04 Å². The number of carbonyl (C=O) groups is 3. The summed E-state index contributed by atoms with van der Waals surface area (Å²) in [5, 5.41) is 7.75. The second-order valence-corrected chi connectivity index (χ2v) is 9.95. The normalized spacial score (nSPS) is 19.4. The number of benzene rings is 1. The first-order valence-corrected chi connectivity index (χ1v) is 13.1. The van der Waals surface area contributed by atoms with Gasteiger partial charge in [-0.05, 0) is 42.7 Å². The average molecular weight is 484 g/mol. The first kappa shape index (κ1) is 24.4. The zero-order chi connectivity index (χ0) is 23.8. The van der Waals surface area contributed by atoms with Crippen LogP contribution in [0.1, 0.15) is 66.2 Å². The van der Waals surface area contributed by atoms with Gasteiger partial charge in [0, 0.05) is 19.2 Å². The summed E-state index contributed by atoms with van der Waals surface area (Å²) < 4.78 is 5.82. The molecule has 0 radical (unpaired) electrons.